The molecule has 0 saturated carbocycles. The van der Waals surface area contributed by atoms with Gasteiger partial charge in [0.25, 0.3) is 11.6 Å². The second-order valence-electron chi connectivity index (χ2n) is 8.97. The molecule has 2 amide bonds. The summed E-state index contributed by atoms with van der Waals surface area (Å²) in [5.74, 6) is -3.44. The molecule has 2 atom stereocenters. The second kappa shape index (κ2) is 11.3. The lowest BCUT2D eigenvalue weighted by atomic mass is 9.92. The third-order valence-corrected chi connectivity index (χ3v) is 8.01. The standard InChI is InChI=1S/C22H28N4O8S2/c1-4-34-21(29)11-25-17-6-5-16(26(30)31)8-18(17)35-22(25)23-19(27)12-36(32,33)13-20(28)24-9-14(2)7-15(3)10-24/h5-6,8,14-15H,4,7,9-13H2,1-3H3. The fourth-order valence-electron chi connectivity index (χ4n) is 4.27. The normalized spacial score (nSPS) is 18.9. The Kier molecular flexibility index (Phi) is 8.61. The van der Waals surface area contributed by atoms with Crippen LogP contribution >= 0.6 is 11.3 Å². The van der Waals surface area contributed by atoms with Crippen molar-refractivity contribution in [1.29, 1.82) is 0 Å². The van der Waals surface area contributed by atoms with Gasteiger partial charge < -0.3 is 14.2 Å². The molecule has 3 rings (SSSR count). The molecule has 1 aromatic heterocycles. The molecule has 2 heterocycles. The molecule has 0 radical (unpaired) electrons. The first-order valence-electron chi connectivity index (χ1n) is 11.4. The molecular weight excluding hydrogens is 512 g/mol. The Labute approximate surface area is 211 Å². The van der Waals surface area contributed by atoms with E-state index in [0.29, 0.717) is 23.3 Å². The Balaban J connectivity index is 1.85. The van der Waals surface area contributed by atoms with Crippen LogP contribution in [0.1, 0.15) is 27.2 Å². The number of benzene rings is 1. The summed E-state index contributed by atoms with van der Waals surface area (Å²) in [6, 6.07) is 3.95. The van der Waals surface area contributed by atoms with Crippen LogP contribution in [0.4, 0.5) is 5.69 Å². The van der Waals surface area contributed by atoms with E-state index in [2.05, 4.69) is 4.99 Å². The molecule has 14 heteroatoms. The second-order valence-corrected chi connectivity index (χ2v) is 12.0. The minimum Gasteiger partial charge on any atom is -0.465 e. The van der Waals surface area contributed by atoms with Gasteiger partial charge in [0.15, 0.2) is 14.6 Å². The quantitative estimate of drug-likeness (QED) is 0.277. The van der Waals surface area contributed by atoms with E-state index in [-0.39, 0.29) is 35.5 Å². The molecule has 1 aliphatic rings. The van der Waals surface area contributed by atoms with Crippen molar-refractivity contribution in [3.8, 4) is 0 Å². The molecule has 1 saturated heterocycles. The summed E-state index contributed by atoms with van der Waals surface area (Å²) in [5, 5.41) is 11.1. The summed E-state index contributed by atoms with van der Waals surface area (Å²) >= 11 is 0.900. The Bertz CT molecular complexity index is 1350. The number of hydrogen-bond acceptors (Lipinski definition) is 9. The number of carbonyl (C=O) groups excluding carboxylic acids is 3. The highest BCUT2D eigenvalue weighted by atomic mass is 32.2. The molecule has 1 fully saturated rings. The first-order chi connectivity index (χ1) is 16.9. The highest BCUT2D eigenvalue weighted by Crippen LogP contribution is 2.24. The van der Waals surface area contributed by atoms with E-state index >= 15 is 0 Å². The van der Waals surface area contributed by atoms with Crippen LogP contribution in [0.15, 0.2) is 23.2 Å². The van der Waals surface area contributed by atoms with Crippen LogP contribution in [-0.2, 0) is 35.5 Å². The van der Waals surface area contributed by atoms with Crippen molar-refractivity contribution in [2.45, 2.75) is 33.7 Å². The average molecular weight is 541 g/mol. The lowest BCUT2D eigenvalue weighted by Crippen LogP contribution is -2.45. The summed E-state index contributed by atoms with van der Waals surface area (Å²) in [5.41, 5.74) is 0.212. The van der Waals surface area contributed by atoms with Gasteiger partial charge in [0.1, 0.15) is 18.1 Å². The number of nitro groups is 1. The molecule has 12 nitrogen and oxygen atoms in total. The Morgan fingerprint density at radius 1 is 1.19 bits per heavy atom. The fraction of sp³-hybridized carbons (Fsp3) is 0.545. The number of nitrogens with zero attached hydrogens (tertiary/aromatic N) is 4. The SMILES string of the molecule is CCOC(=O)Cn1c(=NC(=O)CS(=O)(=O)CC(=O)N2CC(C)CC(C)C2)sc2cc([N+](=O)[O-])ccc21. The van der Waals surface area contributed by atoms with E-state index < -0.39 is 44.0 Å². The van der Waals surface area contributed by atoms with Gasteiger partial charge in [0, 0.05) is 25.2 Å². The number of esters is 1. The van der Waals surface area contributed by atoms with Gasteiger partial charge in [-0.3, -0.25) is 24.5 Å². The number of amides is 2. The third-order valence-electron chi connectivity index (χ3n) is 5.60. The Morgan fingerprint density at radius 2 is 1.86 bits per heavy atom. The number of likely N-dealkylation sites (tertiary alicyclic amines) is 1. The summed E-state index contributed by atoms with van der Waals surface area (Å²) in [7, 11) is -4.10. The third kappa shape index (κ3) is 6.97. The molecular formula is C22H28N4O8S2. The van der Waals surface area contributed by atoms with Gasteiger partial charge in [-0.2, -0.15) is 4.99 Å². The van der Waals surface area contributed by atoms with Gasteiger partial charge in [-0.1, -0.05) is 25.2 Å². The number of rotatable bonds is 8. The van der Waals surface area contributed by atoms with Crippen molar-refractivity contribution in [1.82, 2.24) is 9.47 Å². The summed E-state index contributed by atoms with van der Waals surface area (Å²) < 4.78 is 31.9. The van der Waals surface area contributed by atoms with E-state index in [1.807, 2.05) is 13.8 Å². The minimum absolute atomic E-state index is 0.0104. The maximum atomic E-state index is 12.6. The first-order valence-corrected chi connectivity index (χ1v) is 14.0. The zero-order valence-electron chi connectivity index (χ0n) is 20.2. The highest BCUT2D eigenvalue weighted by molar-refractivity contribution is 7.92. The van der Waals surface area contributed by atoms with Gasteiger partial charge in [-0.05, 0) is 31.2 Å². The molecule has 36 heavy (non-hydrogen) atoms. The Hall–Kier alpha value is -3.13. The van der Waals surface area contributed by atoms with Crippen molar-refractivity contribution < 1.29 is 32.5 Å². The van der Waals surface area contributed by atoms with Crippen LogP contribution in [0.5, 0.6) is 0 Å². The molecule has 2 unspecified atom stereocenters. The van der Waals surface area contributed by atoms with Gasteiger partial charge in [-0.25, -0.2) is 8.42 Å². The lowest BCUT2D eigenvalue weighted by Gasteiger charge is -2.34. The first kappa shape index (κ1) is 27.5. The monoisotopic (exact) mass is 540 g/mol. The van der Waals surface area contributed by atoms with Crippen LogP contribution in [0.3, 0.4) is 0 Å². The van der Waals surface area contributed by atoms with Gasteiger partial charge in [0.05, 0.1) is 21.7 Å². The molecule has 0 spiro atoms. The number of ether oxygens (including phenoxy) is 1. The molecule has 1 aliphatic heterocycles. The fourth-order valence-corrected chi connectivity index (χ4v) is 6.45. The number of piperidine rings is 1. The van der Waals surface area contributed by atoms with E-state index in [1.165, 1.54) is 27.7 Å². The number of hydrogen-bond donors (Lipinski definition) is 0. The molecule has 2 aromatic rings. The van der Waals surface area contributed by atoms with E-state index in [4.69, 9.17) is 4.74 Å². The van der Waals surface area contributed by atoms with E-state index in [0.717, 1.165) is 17.8 Å². The van der Waals surface area contributed by atoms with Crippen LogP contribution < -0.4 is 4.80 Å². The average Bonchev–Trinajstić information content (AvgIpc) is 3.08. The lowest BCUT2D eigenvalue weighted by molar-refractivity contribution is -0.384. The number of sulfone groups is 1. The minimum atomic E-state index is -4.10. The molecule has 196 valence electrons. The van der Waals surface area contributed by atoms with Gasteiger partial charge in [0.2, 0.25) is 5.91 Å². The number of non-ortho nitro benzene ring substituents is 1. The van der Waals surface area contributed by atoms with Crippen molar-refractivity contribution in [3.63, 3.8) is 0 Å². The topological polar surface area (TPSA) is 158 Å². The van der Waals surface area contributed by atoms with E-state index in [1.54, 1.807) is 6.92 Å². The molecule has 0 bridgehead atoms. The number of fused-ring (bicyclic) bond motifs is 1. The van der Waals surface area contributed by atoms with Crippen LogP contribution in [0, 0.1) is 22.0 Å². The predicted molar refractivity (Wildman–Crippen MR) is 132 cm³/mol. The summed E-state index contributed by atoms with van der Waals surface area (Å²) in [4.78, 5) is 53.2. The van der Waals surface area contributed by atoms with Gasteiger partial charge in [-0.15, -0.1) is 0 Å². The van der Waals surface area contributed by atoms with Crippen molar-refractivity contribution in [2.75, 3.05) is 31.2 Å². The smallest absolute Gasteiger partial charge is 0.326 e. The number of nitro benzene ring substituents is 1. The molecule has 1 aromatic carbocycles. The van der Waals surface area contributed by atoms with E-state index in [9.17, 15) is 32.9 Å². The zero-order chi connectivity index (χ0) is 26.6. The number of aromatic nitrogens is 1. The van der Waals surface area contributed by atoms with Crippen LogP contribution in [0.25, 0.3) is 10.2 Å². The molecule has 0 aliphatic carbocycles. The molecule has 0 N–H and O–H groups in total. The van der Waals surface area contributed by atoms with Crippen LogP contribution in [-0.4, -0.2) is 71.8 Å². The van der Waals surface area contributed by atoms with Crippen molar-refractivity contribution in [3.05, 3.63) is 33.1 Å². The highest BCUT2D eigenvalue weighted by Gasteiger charge is 2.29. The maximum Gasteiger partial charge on any atom is 0.326 e. The van der Waals surface area contributed by atoms with Gasteiger partial charge >= 0.3 is 5.97 Å². The van der Waals surface area contributed by atoms with Crippen LogP contribution in [0.2, 0.25) is 0 Å². The largest absolute Gasteiger partial charge is 0.465 e. The number of carbonyl (C=O) groups is 3. The summed E-state index contributed by atoms with van der Waals surface area (Å²) in [6.45, 7) is 6.37. The predicted octanol–water partition coefficient (Wildman–Crippen LogP) is 1.52. The van der Waals surface area contributed by atoms with Crippen molar-refractivity contribution in [2.24, 2.45) is 16.8 Å². The Morgan fingerprint density at radius 3 is 2.47 bits per heavy atom. The zero-order valence-corrected chi connectivity index (χ0v) is 21.8. The summed E-state index contributed by atoms with van der Waals surface area (Å²) in [6.07, 6.45) is 0.956. The van der Waals surface area contributed by atoms with Crippen molar-refractivity contribution >= 4 is 54.9 Å². The maximum absolute atomic E-state index is 12.6. The number of thiazole rings is 1.